The first-order valence-electron chi connectivity index (χ1n) is 9.11. The lowest BCUT2D eigenvalue weighted by atomic mass is 9.90. The van der Waals surface area contributed by atoms with Crippen LogP contribution in [0, 0.1) is 17.8 Å². The third kappa shape index (κ3) is 4.98. The van der Waals surface area contributed by atoms with Crippen LogP contribution in [0.4, 0.5) is 0 Å². The van der Waals surface area contributed by atoms with Gasteiger partial charge in [-0.3, -0.25) is 4.79 Å². The molecule has 2 aliphatic rings. The van der Waals surface area contributed by atoms with E-state index < -0.39 is 0 Å². The van der Waals surface area contributed by atoms with Crippen molar-refractivity contribution in [3.8, 4) is 0 Å². The Morgan fingerprint density at radius 2 is 1.57 bits per heavy atom. The average molecular weight is 294 g/mol. The Kier molecular flexibility index (Phi) is 6.53. The molecule has 0 aromatic rings. The highest BCUT2D eigenvalue weighted by molar-refractivity contribution is 5.78. The molecular formula is C18H34N2O. The molecule has 2 rings (SSSR count). The van der Waals surface area contributed by atoms with Crippen LogP contribution < -0.4 is 0 Å². The summed E-state index contributed by atoms with van der Waals surface area (Å²) in [6.07, 6.45) is 7.97. The molecular weight excluding hydrogens is 260 g/mol. The highest BCUT2D eigenvalue weighted by atomic mass is 16.2. The van der Waals surface area contributed by atoms with Gasteiger partial charge < -0.3 is 9.80 Å². The number of nitrogens with zero attached hydrogens (tertiary/aromatic N) is 2. The van der Waals surface area contributed by atoms with Crippen LogP contribution in [-0.4, -0.2) is 48.4 Å². The van der Waals surface area contributed by atoms with Crippen molar-refractivity contribution in [2.24, 2.45) is 17.8 Å². The number of hydrogen-bond acceptors (Lipinski definition) is 2. The first kappa shape index (κ1) is 16.8. The molecule has 3 nitrogen and oxygen atoms in total. The fourth-order valence-electron chi connectivity index (χ4n) is 3.93. The first-order valence-corrected chi connectivity index (χ1v) is 9.11. The first-order chi connectivity index (χ1) is 10.1. The van der Waals surface area contributed by atoms with E-state index in [-0.39, 0.29) is 5.92 Å². The summed E-state index contributed by atoms with van der Waals surface area (Å²) >= 11 is 0. The van der Waals surface area contributed by atoms with Crippen molar-refractivity contribution in [2.45, 2.75) is 59.3 Å². The van der Waals surface area contributed by atoms with E-state index in [0.29, 0.717) is 5.91 Å². The second-order valence-electron chi connectivity index (χ2n) is 7.46. The molecule has 2 heterocycles. The molecule has 2 aliphatic heterocycles. The van der Waals surface area contributed by atoms with Gasteiger partial charge in [-0.1, -0.05) is 33.6 Å². The quantitative estimate of drug-likeness (QED) is 0.776. The number of hydrogen-bond donors (Lipinski definition) is 0. The molecule has 2 fully saturated rings. The molecule has 21 heavy (non-hydrogen) atoms. The molecule has 0 aliphatic carbocycles. The molecule has 0 radical (unpaired) electrons. The molecule has 0 atom stereocenters. The molecule has 0 N–H and O–H groups in total. The monoisotopic (exact) mass is 294 g/mol. The van der Waals surface area contributed by atoms with Gasteiger partial charge in [0.15, 0.2) is 0 Å². The third-order valence-corrected chi connectivity index (χ3v) is 5.34. The minimum atomic E-state index is 0.152. The predicted octanol–water partition coefficient (Wildman–Crippen LogP) is 3.39. The summed E-state index contributed by atoms with van der Waals surface area (Å²) in [6.45, 7) is 12.2. The van der Waals surface area contributed by atoms with Crippen LogP contribution in [-0.2, 0) is 4.79 Å². The molecule has 0 aromatic carbocycles. The lowest BCUT2D eigenvalue weighted by Gasteiger charge is -2.38. The highest BCUT2D eigenvalue weighted by Crippen LogP contribution is 2.25. The zero-order chi connectivity index (χ0) is 15.2. The number of carbonyl (C=O) groups is 1. The van der Waals surface area contributed by atoms with Gasteiger partial charge in [-0.2, -0.15) is 0 Å². The number of rotatable bonds is 5. The summed E-state index contributed by atoms with van der Waals surface area (Å²) in [7, 11) is 0. The SMILES string of the molecule is CCCC1CCN(CC2CCN(C(=O)C(C)C)CC2)CC1. The molecule has 1 amide bonds. The minimum absolute atomic E-state index is 0.152. The fraction of sp³-hybridized carbons (Fsp3) is 0.944. The van der Waals surface area contributed by atoms with Crippen LogP contribution in [0.5, 0.6) is 0 Å². The van der Waals surface area contributed by atoms with E-state index in [9.17, 15) is 4.79 Å². The Morgan fingerprint density at radius 1 is 1.00 bits per heavy atom. The van der Waals surface area contributed by atoms with Crippen LogP contribution in [0.15, 0.2) is 0 Å². The number of likely N-dealkylation sites (tertiary alicyclic amines) is 2. The van der Waals surface area contributed by atoms with Crippen molar-refractivity contribution < 1.29 is 4.79 Å². The second-order valence-corrected chi connectivity index (χ2v) is 7.46. The Bertz CT molecular complexity index is 313. The van der Waals surface area contributed by atoms with E-state index in [1.807, 2.05) is 13.8 Å². The zero-order valence-electron chi connectivity index (χ0n) is 14.3. The Morgan fingerprint density at radius 3 is 2.10 bits per heavy atom. The predicted molar refractivity (Wildman–Crippen MR) is 88.2 cm³/mol. The van der Waals surface area contributed by atoms with E-state index in [1.54, 1.807) is 0 Å². The van der Waals surface area contributed by atoms with Crippen molar-refractivity contribution in [3.05, 3.63) is 0 Å². The maximum atomic E-state index is 12.0. The summed E-state index contributed by atoms with van der Waals surface area (Å²) in [6, 6.07) is 0. The van der Waals surface area contributed by atoms with E-state index in [1.165, 1.54) is 58.2 Å². The second kappa shape index (κ2) is 8.17. The van der Waals surface area contributed by atoms with Crippen LogP contribution in [0.1, 0.15) is 59.3 Å². The lowest BCUT2D eigenvalue weighted by molar-refractivity contribution is -0.135. The van der Waals surface area contributed by atoms with Gasteiger partial charge in [0.2, 0.25) is 5.91 Å². The van der Waals surface area contributed by atoms with E-state index in [0.717, 1.165) is 24.9 Å². The largest absolute Gasteiger partial charge is 0.342 e. The van der Waals surface area contributed by atoms with Crippen LogP contribution in [0.3, 0.4) is 0 Å². The zero-order valence-corrected chi connectivity index (χ0v) is 14.3. The summed E-state index contributed by atoms with van der Waals surface area (Å²) in [4.78, 5) is 16.8. The van der Waals surface area contributed by atoms with Crippen LogP contribution in [0.2, 0.25) is 0 Å². The minimum Gasteiger partial charge on any atom is -0.342 e. The van der Waals surface area contributed by atoms with Crippen LogP contribution in [0.25, 0.3) is 0 Å². The van der Waals surface area contributed by atoms with Gasteiger partial charge in [0.05, 0.1) is 0 Å². The molecule has 0 aromatic heterocycles. The Labute approximate surface area is 131 Å². The number of amides is 1. The third-order valence-electron chi connectivity index (χ3n) is 5.34. The van der Waals surface area contributed by atoms with Gasteiger partial charge in [-0.05, 0) is 50.6 Å². The summed E-state index contributed by atoms with van der Waals surface area (Å²) < 4.78 is 0. The maximum absolute atomic E-state index is 12.0. The van der Waals surface area contributed by atoms with Crippen molar-refractivity contribution in [3.63, 3.8) is 0 Å². The van der Waals surface area contributed by atoms with Gasteiger partial charge in [-0.25, -0.2) is 0 Å². The van der Waals surface area contributed by atoms with Gasteiger partial charge >= 0.3 is 0 Å². The summed E-state index contributed by atoms with van der Waals surface area (Å²) in [5.41, 5.74) is 0. The Hall–Kier alpha value is -0.570. The molecule has 2 saturated heterocycles. The van der Waals surface area contributed by atoms with Crippen molar-refractivity contribution >= 4 is 5.91 Å². The molecule has 0 saturated carbocycles. The standard InChI is InChI=1S/C18H34N2O/c1-4-5-16-6-10-19(11-7-16)14-17-8-12-20(13-9-17)18(21)15(2)3/h15-17H,4-14H2,1-3H3. The number of piperidine rings is 2. The van der Waals surface area contributed by atoms with Crippen molar-refractivity contribution in [1.82, 2.24) is 9.80 Å². The van der Waals surface area contributed by atoms with Gasteiger partial charge in [0.1, 0.15) is 0 Å². The average Bonchev–Trinajstić information content (AvgIpc) is 2.49. The molecule has 0 spiro atoms. The smallest absolute Gasteiger partial charge is 0.225 e. The van der Waals surface area contributed by atoms with E-state index in [2.05, 4.69) is 16.7 Å². The number of carbonyl (C=O) groups excluding carboxylic acids is 1. The fourth-order valence-corrected chi connectivity index (χ4v) is 3.93. The van der Waals surface area contributed by atoms with Crippen LogP contribution >= 0.6 is 0 Å². The van der Waals surface area contributed by atoms with Gasteiger partial charge in [0, 0.05) is 25.6 Å². The normalized spacial score (nSPS) is 23.0. The van der Waals surface area contributed by atoms with Crippen molar-refractivity contribution in [1.29, 1.82) is 0 Å². The topological polar surface area (TPSA) is 23.6 Å². The Balaban J connectivity index is 1.66. The summed E-state index contributed by atoms with van der Waals surface area (Å²) in [5, 5.41) is 0. The highest BCUT2D eigenvalue weighted by Gasteiger charge is 2.26. The molecule has 122 valence electrons. The maximum Gasteiger partial charge on any atom is 0.225 e. The van der Waals surface area contributed by atoms with Gasteiger partial charge in [-0.15, -0.1) is 0 Å². The molecule has 0 bridgehead atoms. The molecule has 0 unspecified atom stereocenters. The molecule has 3 heteroatoms. The van der Waals surface area contributed by atoms with E-state index in [4.69, 9.17) is 0 Å². The lowest BCUT2D eigenvalue weighted by Crippen LogP contribution is -2.44. The summed E-state index contributed by atoms with van der Waals surface area (Å²) in [5.74, 6) is 2.29. The van der Waals surface area contributed by atoms with Gasteiger partial charge in [0.25, 0.3) is 0 Å². The van der Waals surface area contributed by atoms with E-state index >= 15 is 0 Å². The van der Waals surface area contributed by atoms with Crippen molar-refractivity contribution in [2.75, 3.05) is 32.7 Å².